The van der Waals surface area contributed by atoms with Crippen LogP contribution < -0.4 is 10.2 Å². The van der Waals surface area contributed by atoms with E-state index in [1.165, 1.54) is 11.0 Å². The summed E-state index contributed by atoms with van der Waals surface area (Å²) in [5.74, 6) is -0.300. The lowest BCUT2D eigenvalue weighted by Gasteiger charge is -2.18. The van der Waals surface area contributed by atoms with E-state index < -0.39 is 6.09 Å². The maximum absolute atomic E-state index is 13.1. The van der Waals surface area contributed by atoms with E-state index in [0.717, 1.165) is 5.56 Å². The van der Waals surface area contributed by atoms with Crippen molar-refractivity contribution in [3.63, 3.8) is 0 Å². The number of nitriles is 1. The molecule has 0 aliphatic heterocycles. The molecule has 0 unspecified atom stereocenters. The summed E-state index contributed by atoms with van der Waals surface area (Å²) in [5, 5.41) is 21.3. The standard InChI is InChI=1S/C23H16ClN5O3/c1-28(19-8-4-17(24)5-9-19)22(30)16-10-15(11-25)21-26-12-20(29(21)13-16)14-2-6-18(7-3-14)27-23(31)32/h2-10,12-13,27H,1H3,(H,31,32). The Morgan fingerprint density at radius 1 is 1.16 bits per heavy atom. The van der Waals surface area contributed by atoms with E-state index in [-0.39, 0.29) is 11.5 Å². The smallest absolute Gasteiger partial charge is 0.409 e. The molecule has 4 aromatic rings. The van der Waals surface area contributed by atoms with Crippen LogP contribution in [0.15, 0.2) is 67.0 Å². The van der Waals surface area contributed by atoms with Gasteiger partial charge in [-0.1, -0.05) is 23.7 Å². The number of hydrogen-bond donors (Lipinski definition) is 2. The molecule has 4 rings (SSSR count). The molecule has 0 spiro atoms. The molecule has 0 bridgehead atoms. The van der Waals surface area contributed by atoms with E-state index in [9.17, 15) is 14.9 Å². The van der Waals surface area contributed by atoms with Gasteiger partial charge in [0, 0.05) is 35.2 Å². The highest BCUT2D eigenvalue weighted by Crippen LogP contribution is 2.26. The van der Waals surface area contributed by atoms with E-state index in [4.69, 9.17) is 16.7 Å². The molecule has 2 N–H and O–H groups in total. The SMILES string of the molecule is CN(C(=O)c1cc(C#N)c2ncc(-c3ccc(NC(=O)O)cc3)n2c1)c1ccc(Cl)cc1. The fourth-order valence-electron chi connectivity index (χ4n) is 3.32. The lowest BCUT2D eigenvalue weighted by Crippen LogP contribution is -2.26. The van der Waals surface area contributed by atoms with Crippen LogP contribution in [-0.2, 0) is 0 Å². The molecule has 2 aromatic carbocycles. The second-order valence-corrected chi connectivity index (χ2v) is 7.38. The van der Waals surface area contributed by atoms with Crippen LogP contribution in [0.3, 0.4) is 0 Å². The number of nitrogens with zero attached hydrogens (tertiary/aromatic N) is 4. The van der Waals surface area contributed by atoms with Crippen molar-refractivity contribution in [2.75, 3.05) is 17.3 Å². The lowest BCUT2D eigenvalue weighted by atomic mass is 10.1. The van der Waals surface area contributed by atoms with Crippen LogP contribution in [0.1, 0.15) is 15.9 Å². The second-order valence-electron chi connectivity index (χ2n) is 6.94. The number of carbonyl (C=O) groups excluding carboxylic acids is 1. The van der Waals surface area contributed by atoms with Crippen molar-refractivity contribution < 1.29 is 14.7 Å². The molecule has 32 heavy (non-hydrogen) atoms. The Kier molecular flexibility index (Phi) is 5.50. The molecular formula is C23H16ClN5O3. The quantitative estimate of drug-likeness (QED) is 0.464. The first-order chi connectivity index (χ1) is 15.4. The van der Waals surface area contributed by atoms with Crippen molar-refractivity contribution in [2.24, 2.45) is 0 Å². The number of hydrogen-bond acceptors (Lipinski definition) is 4. The number of aromatic nitrogens is 2. The summed E-state index contributed by atoms with van der Waals surface area (Å²) in [5.41, 5.74) is 3.47. The minimum absolute atomic E-state index is 0.260. The molecule has 0 saturated heterocycles. The summed E-state index contributed by atoms with van der Waals surface area (Å²) in [6.45, 7) is 0. The van der Waals surface area contributed by atoms with Crippen LogP contribution in [0.25, 0.3) is 16.9 Å². The van der Waals surface area contributed by atoms with Gasteiger partial charge in [-0.25, -0.2) is 9.78 Å². The van der Waals surface area contributed by atoms with Gasteiger partial charge in [-0.3, -0.25) is 14.5 Å². The summed E-state index contributed by atoms with van der Waals surface area (Å²) in [6.07, 6.45) is 2.09. The minimum Gasteiger partial charge on any atom is -0.465 e. The number of carboxylic acid groups (broad SMARTS) is 1. The zero-order chi connectivity index (χ0) is 22.8. The van der Waals surface area contributed by atoms with Crippen LogP contribution in [0.5, 0.6) is 0 Å². The third kappa shape index (κ3) is 3.97. The van der Waals surface area contributed by atoms with E-state index in [1.807, 2.05) is 0 Å². The Hall–Kier alpha value is -4.35. The number of halogens is 1. The molecular weight excluding hydrogens is 430 g/mol. The summed E-state index contributed by atoms with van der Waals surface area (Å²) in [4.78, 5) is 29.8. The summed E-state index contributed by atoms with van der Waals surface area (Å²) in [7, 11) is 1.64. The summed E-state index contributed by atoms with van der Waals surface area (Å²) in [6, 6.07) is 17.2. The second kappa shape index (κ2) is 8.41. The molecule has 8 nitrogen and oxygen atoms in total. The van der Waals surface area contributed by atoms with Crippen molar-refractivity contribution in [1.29, 1.82) is 5.26 Å². The van der Waals surface area contributed by atoms with Crippen molar-refractivity contribution >= 4 is 40.6 Å². The van der Waals surface area contributed by atoms with E-state index in [0.29, 0.717) is 33.3 Å². The van der Waals surface area contributed by atoms with Gasteiger partial charge in [0.2, 0.25) is 0 Å². The van der Waals surface area contributed by atoms with Gasteiger partial charge in [0.05, 0.1) is 23.0 Å². The minimum atomic E-state index is -1.15. The zero-order valence-electron chi connectivity index (χ0n) is 16.8. The molecule has 0 aliphatic rings. The van der Waals surface area contributed by atoms with Gasteiger partial charge >= 0.3 is 6.09 Å². The number of benzene rings is 2. The molecule has 2 amide bonds. The predicted octanol–water partition coefficient (Wildman–Crippen LogP) is 4.89. The normalized spacial score (nSPS) is 10.5. The fraction of sp³-hybridized carbons (Fsp3) is 0.0435. The largest absolute Gasteiger partial charge is 0.465 e. The average molecular weight is 446 g/mol. The Balaban J connectivity index is 1.76. The monoisotopic (exact) mass is 445 g/mol. The summed E-state index contributed by atoms with van der Waals surface area (Å²) < 4.78 is 1.68. The van der Waals surface area contributed by atoms with Crippen molar-refractivity contribution in [1.82, 2.24) is 9.38 Å². The molecule has 0 atom stereocenters. The van der Waals surface area contributed by atoms with Gasteiger partial charge in [0.1, 0.15) is 6.07 Å². The van der Waals surface area contributed by atoms with Gasteiger partial charge in [-0.15, -0.1) is 0 Å². The highest BCUT2D eigenvalue weighted by atomic mass is 35.5. The van der Waals surface area contributed by atoms with Gasteiger partial charge in [0.25, 0.3) is 5.91 Å². The molecule has 2 aromatic heterocycles. The number of amides is 2. The third-order valence-electron chi connectivity index (χ3n) is 4.92. The maximum atomic E-state index is 13.1. The first-order valence-corrected chi connectivity index (χ1v) is 9.80. The van der Waals surface area contributed by atoms with Crippen LogP contribution in [0, 0.1) is 11.3 Å². The first kappa shape index (κ1) is 20.9. The first-order valence-electron chi connectivity index (χ1n) is 9.42. The van der Waals surface area contributed by atoms with Crippen LogP contribution in [-0.4, -0.2) is 33.5 Å². The number of pyridine rings is 1. The molecule has 0 aliphatic carbocycles. The van der Waals surface area contributed by atoms with E-state index >= 15 is 0 Å². The van der Waals surface area contributed by atoms with E-state index in [2.05, 4.69) is 16.4 Å². The Labute approximate surface area is 187 Å². The van der Waals surface area contributed by atoms with Gasteiger partial charge in [-0.2, -0.15) is 5.26 Å². The van der Waals surface area contributed by atoms with Gasteiger partial charge < -0.3 is 10.0 Å². The fourth-order valence-corrected chi connectivity index (χ4v) is 3.45. The number of anilines is 2. The molecule has 9 heteroatoms. The third-order valence-corrected chi connectivity index (χ3v) is 5.18. The predicted molar refractivity (Wildman–Crippen MR) is 121 cm³/mol. The number of imidazole rings is 1. The van der Waals surface area contributed by atoms with Gasteiger partial charge in [0.15, 0.2) is 5.65 Å². The topological polar surface area (TPSA) is 111 Å². The molecule has 0 radical (unpaired) electrons. The molecule has 2 heterocycles. The average Bonchev–Trinajstić information content (AvgIpc) is 3.22. The van der Waals surface area contributed by atoms with Crippen LogP contribution in [0.4, 0.5) is 16.2 Å². The van der Waals surface area contributed by atoms with Crippen molar-refractivity contribution in [2.45, 2.75) is 0 Å². The number of carbonyl (C=O) groups is 2. The number of fused-ring (bicyclic) bond motifs is 1. The highest BCUT2D eigenvalue weighted by molar-refractivity contribution is 6.30. The summed E-state index contributed by atoms with van der Waals surface area (Å²) >= 11 is 5.93. The maximum Gasteiger partial charge on any atom is 0.409 e. The molecule has 158 valence electrons. The zero-order valence-corrected chi connectivity index (χ0v) is 17.5. The van der Waals surface area contributed by atoms with Crippen molar-refractivity contribution in [3.05, 3.63) is 83.1 Å². The van der Waals surface area contributed by atoms with Gasteiger partial charge in [-0.05, 0) is 42.5 Å². The Morgan fingerprint density at radius 3 is 2.47 bits per heavy atom. The van der Waals surface area contributed by atoms with Crippen molar-refractivity contribution in [3.8, 4) is 17.3 Å². The Bertz CT molecular complexity index is 1370. The lowest BCUT2D eigenvalue weighted by molar-refractivity contribution is 0.0992. The highest BCUT2D eigenvalue weighted by Gasteiger charge is 2.18. The van der Waals surface area contributed by atoms with Crippen LogP contribution in [0.2, 0.25) is 5.02 Å². The Morgan fingerprint density at radius 2 is 1.84 bits per heavy atom. The molecule has 0 saturated carbocycles. The number of rotatable bonds is 4. The number of nitrogens with one attached hydrogen (secondary N) is 1. The van der Waals surface area contributed by atoms with Crippen LogP contribution >= 0.6 is 11.6 Å². The molecule has 0 fully saturated rings. The van der Waals surface area contributed by atoms with E-state index in [1.54, 1.807) is 72.4 Å².